The van der Waals surface area contributed by atoms with Crippen molar-refractivity contribution in [2.45, 2.75) is 64.0 Å². The molecule has 0 aromatic carbocycles. The zero-order chi connectivity index (χ0) is 13.5. The molecule has 1 amide bonds. The Bertz CT molecular complexity index is 269. The molecule has 1 saturated heterocycles. The molecule has 2 N–H and O–H groups in total. The van der Waals surface area contributed by atoms with E-state index >= 15 is 0 Å². The third-order valence-electron chi connectivity index (χ3n) is 4.43. The van der Waals surface area contributed by atoms with Gasteiger partial charge in [0.15, 0.2) is 0 Å². The van der Waals surface area contributed by atoms with Gasteiger partial charge in [-0.3, -0.25) is 4.79 Å². The third-order valence-corrected chi connectivity index (χ3v) is 4.43. The highest BCUT2D eigenvalue weighted by Gasteiger charge is 2.22. The molecule has 19 heavy (non-hydrogen) atoms. The van der Waals surface area contributed by atoms with Crippen molar-refractivity contribution in [3.63, 3.8) is 0 Å². The average molecular weight is 268 g/mol. The topological polar surface area (TPSA) is 50.4 Å². The van der Waals surface area contributed by atoms with Crippen molar-refractivity contribution in [1.82, 2.24) is 10.6 Å². The van der Waals surface area contributed by atoms with Crippen LogP contribution in [0.3, 0.4) is 0 Å². The molecule has 0 aromatic heterocycles. The molecule has 1 aliphatic carbocycles. The molecule has 1 aliphatic heterocycles. The van der Waals surface area contributed by atoms with E-state index in [-0.39, 0.29) is 11.9 Å². The Kier molecular flexibility index (Phi) is 6.11. The van der Waals surface area contributed by atoms with Gasteiger partial charge in [-0.2, -0.15) is 0 Å². The standard InChI is InChI=1S/C15H28N2O2/c1-12(13-6-4-2-3-5-7-13)17-15(18)10-14-11-19-9-8-16-14/h12-14,16H,2-11H2,1H3,(H,17,18)/t12-,14?/m1/s1. The molecule has 1 unspecified atom stereocenters. The van der Waals surface area contributed by atoms with Crippen molar-refractivity contribution in [3.05, 3.63) is 0 Å². The second-order valence-corrected chi connectivity index (χ2v) is 6.04. The summed E-state index contributed by atoms with van der Waals surface area (Å²) in [6, 6.07) is 0.505. The minimum Gasteiger partial charge on any atom is -0.378 e. The number of amides is 1. The van der Waals surface area contributed by atoms with Crippen molar-refractivity contribution in [1.29, 1.82) is 0 Å². The van der Waals surface area contributed by atoms with E-state index in [0.29, 0.717) is 25.0 Å². The minimum atomic E-state index is 0.166. The molecule has 110 valence electrons. The molecule has 2 aliphatic rings. The van der Waals surface area contributed by atoms with E-state index in [0.717, 1.165) is 13.2 Å². The van der Waals surface area contributed by atoms with Crippen molar-refractivity contribution in [3.8, 4) is 0 Å². The minimum absolute atomic E-state index is 0.166. The third kappa shape index (κ3) is 5.11. The van der Waals surface area contributed by atoms with Gasteiger partial charge in [-0.25, -0.2) is 0 Å². The first-order valence-corrected chi connectivity index (χ1v) is 7.86. The van der Waals surface area contributed by atoms with E-state index in [4.69, 9.17) is 4.74 Å². The van der Waals surface area contributed by atoms with Gasteiger partial charge in [0.2, 0.25) is 5.91 Å². The second kappa shape index (κ2) is 7.85. The number of hydrogen-bond acceptors (Lipinski definition) is 3. The summed E-state index contributed by atoms with van der Waals surface area (Å²) < 4.78 is 5.38. The van der Waals surface area contributed by atoms with E-state index in [9.17, 15) is 4.79 Å². The van der Waals surface area contributed by atoms with Crippen molar-refractivity contribution < 1.29 is 9.53 Å². The molecule has 1 saturated carbocycles. The van der Waals surface area contributed by atoms with Crippen LogP contribution in [0.5, 0.6) is 0 Å². The highest BCUT2D eigenvalue weighted by molar-refractivity contribution is 5.76. The fourth-order valence-corrected chi connectivity index (χ4v) is 3.22. The number of nitrogens with one attached hydrogen (secondary N) is 2. The van der Waals surface area contributed by atoms with Crippen molar-refractivity contribution in [2.75, 3.05) is 19.8 Å². The van der Waals surface area contributed by atoms with Crippen LogP contribution in [0, 0.1) is 5.92 Å². The largest absolute Gasteiger partial charge is 0.378 e. The molecule has 0 aromatic rings. The van der Waals surface area contributed by atoms with E-state index in [1.54, 1.807) is 0 Å². The molecule has 4 heteroatoms. The monoisotopic (exact) mass is 268 g/mol. The summed E-state index contributed by atoms with van der Waals surface area (Å²) in [7, 11) is 0. The highest BCUT2D eigenvalue weighted by atomic mass is 16.5. The predicted molar refractivity (Wildman–Crippen MR) is 76.0 cm³/mol. The van der Waals surface area contributed by atoms with Crippen molar-refractivity contribution in [2.24, 2.45) is 5.92 Å². The molecule has 2 fully saturated rings. The predicted octanol–water partition coefficient (Wildman–Crippen LogP) is 1.84. The number of rotatable bonds is 4. The van der Waals surface area contributed by atoms with Crippen LogP contribution in [-0.4, -0.2) is 37.7 Å². The molecule has 2 atom stereocenters. The lowest BCUT2D eigenvalue weighted by Gasteiger charge is -2.26. The quantitative estimate of drug-likeness (QED) is 0.765. The Morgan fingerprint density at radius 3 is 2.68 bits per heavy atom. The Balaban J connectivity index is 1.70. The summed E-state index contributed by atoms with van der Waals surface area (Å²) in [4.78, 5) is 12.0. The van der Waals surface area contributed by atoms with Crippen LogP contribution in [0.1, 0.15) is 51.9 Å². The van der Waals surface area contributed by atoms with Gasteiger partial charge in [0.25, 0.3) is 0 Å². The maximum absolute atomic E-state index is 12.0. The Morgan fingerprint density at radius 2 is 2.05 bits per heavy atom. The first kappa shape index (κ1) is 14.8. The Morgan fingerprint density at radius 1 is 1.32 bits per heavy atom. The summed E-state index contributed by atoms with van der Waals surface area (Å²) in [5.74, 6) is 0.835. The van der Waals surface area contributed by atoms with Gasteiger partial charge in [-0.15, -0.1) is 0 Å². The van der Waals surface area contributed by atoms with Crippen LogP contribution in [-0.2, 0) is 9.53 Å². The number of morpholine rings is 1. The van der Waals surface area contributed by atoms with E-state index in [2.05, 4.69) is 17.6 Å². The van der Waals surface area contributed by atoms with Gasteiger partial charge < -0.3 is 15.4 Å². The lowest BCUT2D eigenvalue weighted by atomic mass is 9.93. The first-order valence-electron chi connectivity index (χ1n) is 7.86. The lowest BCUT2D eigenvalue weighted by Crippen LogP contribution is -2.46. The van der Waals surface area contributed by atoms with Crippen molar-refractivity contribution >= 4 is 5.91 Å². The molecule has 0 spiro atoms. The van der Waals surface area contributed by atoms with Crippen LogP contribution in [0.15, 0.2) is 0 Å². The summed E-state index contributed by atoms with van der Waals surface area (Å²) in [5.41, 5.74) is 0. The Labute approximate surface area is 116 Å². The van der Waals surface area contributed by atoms with Crippen LogP contribution in [0.25, 0.3) is 0 Å². The molecular weight excluding hydrogens is 240 g/mol. The van der Waals surface area contributed by atoms with Gasteiger partial charge >= 0.3 is 0 Å². The fourth-order valence-electron chi connectivity index (χ4n) is 3.22. The van der Waals surface area contributed by atoms with Crippen LogP contribution in [0.2, 0.25) is 0 Å². The fraction of sp³-hybridized carbons (Fsp3) is 0.933. The maximum Gasteiger partial charge on any atom is 0.221 e. The number of carbonyl (C=O) groups is 1. The SMILES string of the molecule is C[C@@H](NC(=O)CC1COCCN1)C1CCCCCC1. The number of ether oxygens (including phenoxy) is 1. The van der Waals surface area contributed by atoms with E-state index < -0.39 is 0 Å². The molecule has 2 rings (SSSR count). The Hall–Kier alpha value is -0.610. The van der Waals surface area contributed by atoms with Crippen LogP contribution < -0.4 is 10.6 Å². The zero-order valence-corrected chi connectivity index (χ0v) is 12.1. The summed E-state index contributed by atoms with van der Waals surface area (Å²) in [5, 5.41) is 6.52. The zero-order valence-electron chi connectivity index (χ0n) is 12.1. The van der Waals surface area contributed by atoms with E-state index in [1.807, 2.05) is 0 Å². The van der Waals surface area contributed by atoms with Crippen LogP contribution in [0.4, 0.5) is 0 Å². The highest BCUT2D eigenvalue weighted by Crippen LogP contribution is 2.25. The van der Waals surface area contributed by atoms with Gasteiger partial charge in [0.05, 0.1) is 13.2 Å². The van der Waals surface area contributed by atoms with Gasteiger partial charge in [0.1, 0.15) is 0 Å². The molecule has 0 radical (unpaired) electrons. The number of carbonyl (C=O) groups excluding carboxylic acids is 1. The van der Waals surface area contributed by atoms with Gasteiger partial charge in [-0.1, -0.05) is 25.7 Å². The summed E-state index contributed by atoms with van der Waals surface area (Å²) >= 11 is 0. The normalized spacial score (nSPS) is 27.5. The molecular formula is C15H28N2O2. The molecule has 0 bridgehead atoms. The lowest BCUT2D eigenvalue weighted by molar-refractivity contribution is -0.123. The second-order valence-electron chi connectivity index (χ2n) is 6.04. The smallest absolute Gasteiger partial charge is 0.221 e. The van der Waals surface area contributed by atoms with Gasteiger partial charge in [-0.05, 0) is 25.7 Å². The first-order chi connectivity index (χ1) is 9.25. The molecule has 4 nitrogen and oxygen atoms in total. The maximum atomic E-state index is 12.0. The van der Waals surface area contributed by atoms with Crippen LogP contribution >= 0.6 is 0 Å². The average Bonchev–Trinajstić information content (AvgIpc) is 2.68. The summed E-state index contributed by atoms with van der Waals surface area (Å²) in [6.07, 6.45) is 8.45. The number of hydrogen-bond donors (Lipinski definition) is 2. The molecule has 1 heterocycles. The van der Waals surface area contributed by atoms with Gasteiger partial charge in [0, 0.05) is 25.0 Å². The van der Waals surface area contributed by atoms with E-state index in [1.165, 1.54) is 38.5 Å². The summed E-state index contributed by atoms with van der Waals surface area (Å²) in [6.45, 7) is 4.44.